The first-order valence-electron chi connectivity index (χ1n) is 7.24. The molecule has 2 amide bonds. The van der Waals surface area contributed by atoms with Crippen LogP contribution in [0.3, 0.4) is 0 Å². The Morgan fingerprint density at radius 3 is 2.44 bits per heavy atom. The fourth-order valence-electron chi connectivity index (χ4n) is 1.95. The summed E-state index contributed by atoms with van der Waals surface area (Å²) in [6, 6.07) is 11.2. The van der Waals surface area contributed by atoms with E-state index in [4.69, 9.17) is 4.74 Å². The van der Waals surface area contributed by atoms with Crippen LogP contribution in [0.2, 0.25) is 0 Å². The summed E-state index contributed by atoms with van der Waals surface area (Å²) < 4.78 is 43.5. The lowest BCUT2D eigenvalue weighted by Gasteiger charge is -2.08. The number of carbonyl (C=O) groups excluding carboxylic acids is 1. The fraction of sp³-hybridized carbons (Fsp3) is 0.167. The summed E-state index contributed by atoms with van der Waals surface area (Å²) in [7, 11) is 1.53. The van der Waals surface area contributed by atoms with E-state index in [-0.39, 0.29) is 12.1 Å². The quantitative estimate of drug-likeness (QED) is 0.827. The second-order valence-electron chi connectivity index (χ2n) is 4.88. The Bertz CT molecular complexity index is 790. The molecule has 0 aliphatic carbocycles. The third-order valence-corrected chi connectivity index (χ3v) is 3.14. The number of urea groups is 1. The lowest BCUT2D eigenvalue weighted by Crippen LogP contribution is -2.28. The molecule has 0 aliphatic rings. The van der Waals surface area contributed by atoms with Crippen molar-refractivity contribution in [2.75, 3.05) is 19.0 Å². The fourth-order valence-corrected chi connectivity index (χ4v) is 1.95. The normalized spacial score (nSPS) is 10.4. The van der Waals surface area contributed by atoms with Gasteiger partial charge in [-0.3, -0.25) is 0 Å². The van der Waals surface area contributed by atoms with E-state index >= 15 is 0 Å². The molecule has 0 unspecified atom stereocenters. The number of rotatable bonds is 3. The number of anilines is 1. The van der Waals surface area contributed by atoms with Crippen molar-refractivity contribution in [3.63, 3.8) is 0 Å². The van der Waals surface area contributed by atoms with Crippen LogP contribution in [0, 0.1) is 11.8 Å². The largest absolute Gasteiger partial charge is 0.497 e. The molecule has 0 radical (unpaired) electrons. The van der Waals surface area contributed by atoms with Crippen LogP contribution in [-0.2, 0) is 6.18 Å². The summed E-state index contributed by atoms with van der Waals surface area (Å²) in [5, 5.41) is 5.03. The SMILES string of the molecule is COc1ccc(NC(=O)NCC#Cc2ccccc2C(F)(F)F)cc1. The van der Waals surface area contributed by atoms with E-state index in [1.807, 2.05) is 0 Å². The van der Waals surface area contributed by atoms with Crippen molar-refractivity contribution in [2.24, 2.45) is 0 Å². The molecule has 130 valence electrons. The zero-order valence-electron chi connectivity index (χ0n) is 13.3. The lowest BCUT2D eigenvalue weighted by molar-refractivity contribution is -0.137. The minimum atomic E-state index is -4.47. The van der Waals surface area contributed by atoms with Crippen molar-refractivity contribution in [1.29, 1.82) is 0 Å². The Kier molecular flexibility index (Phi) is 5.90. The van der Waals surface area contributed by atoms with Crippen molar-refractivity contribution >= 4 is 11.7 Å². The highest BCUT2D eigenvalue weighted by atomic mass is 19.4. The van der Waals surface area contributed by atoms with Gasteiger partial charge in [0, 0.05) is 11.3 Å². The van der Waals surface area contributed by atoms with Gasteiger partial charge >= 0.3 is 12.2 Å². The third-order valence-electron chi connectivity index (χ3n) is 3.14. The summed E-state index contributed by atoms with van der Waals surface area (Å²) in [6.45, 7) is -0.0891. The Hall–Kier alpha value is -3.14. The number of halogens is 3. The van der Waals surface area contributed by atoms with E-state index in [2.05, 4.69) is 22.5 Å². The standard InChI is InChI=1S/C18H15F3N2O2/c1-25-15-10-8-14(9-11-15)23-17(24)22-12-4-6-13-5-2-3-7-16(13)18(19,20)21/h2-3,5,7-11H,12H2,1H3,(H2,22,23,24). The Morgan fingerprint density at radius 2 is 1.80 bits per heavy atom. The van der Waals surface area contributed by atoms with E-state index in [1.54, 1.807) is 24.3 Å². The maximum Gasteiger partial charge on any atom is 0.417 e. The molecule has 0 atom stereocenters. The van der Waals surface area contributed by atoms with Gasteiger partial charge in [-0.05, 0) is 36.4 Å². The Balaban J connectivity index is 1.91. The van der Waals surface area contributed by atoms with Crippen molar-refractivity contribution in [3.05, 3.63) is 59.7 Å². The van der Waals surface area contributed by atoms with Crippen LogP contribution in [0.15, 0.2) is 48.5 Å². The molecule has 4 nitrogen and oxygen atoms in total. The second kappa shape index (κ2) is 8.11. The van der Waals surface area contributed by atoms with E-state index in [0.29, 0.717) is 11.4 Å². The predicted molar refractivity (Wildman–Crippen MR) is 88.3 cm³/mol. The number of hydrogen-bond donors (Lipinski definition) is 2. The number of alkyl halides is 3. The highest BCUT2D eigenvalue weighted by molar-refractivity contribution is 5.89. The molecule has 2 aromatic rings. The molecular weight excluding hydrogens is 333 g/mol. The van der Waals surface area contributed by atoms with Crippen LogP contribution in [0.5, 0.6) is 5.75 Å². The number of hydrogen-bond acceptors (Lipinski definition) is 2. The topological polar surface area (TPSA) is 50.4 Å². The molecule has 2 rings (SSSR count). The molecule has 0 aliphatic heterocycles. The first-order valence-corrected chi connectivity index (χ1v) is 7.24. The van der Waals surface area contributed by atoms with Gasteiger partial charge in [-0.15, -0.1) is 0 Å². The van der Waals surface area contributed by atoms with Crippen LogP contribution in [-0.4, -0.2) is 19.7 Å². The van der Waals surface area contributed by atoms with Gasteiger partial charge in [-0.25, -0.2) is 4.79 Å². The van der Waals surface area contributed by atoms with Gasteiger partial charge in [0.05, 0.1) is 19.2 Å². The monoisotopic (exact) mass is 348 g/mol. The van der Waals surface area contributed by atoms with Crippen molar-refractivity contribution < 1.29 is 22.7 Å². The van der Waals surface area contributed by atoms with Gasteiger partial charge in [0.15, 0.2) is 0 Å². The molecule has 0 saturated heterocycles. The maximum atomic E-state index is 12.8. The van der Waals surface area contributed by atoms with Gasteiger partial charge in [0.25, 0.3) is 0 Å². The summed E-state index contributed by atoms with van der Waals surface area (Å²) in [6.07, 6.45) is -4.47. The molecule has 2 N–H and O–H groups in total. The first kappa shape index (κ1) is 18.2. The molecule has 2 aromatic carbocycles. The van der Waals surface area contributed by atoms with E-state index in [0.717, 1.165) is 6.07 Å². The zero-order chi connectivity index (χ0) is 18.3. The minimum absolute atomic E-state index is 0.0891. The number of carbonyl (C=O) groups is 1. The average molecular weight is 348 g/mol. The number of amides is 2. The average Bonchev–Trinajstić information content (AvgIpc) is 2.59. The van der Waals surface area contributed by atoms with Gasteiger partial charge in [-0.1, -0.05) is 24.0 Å². The van der Waals surface area contributed by atoms with Crippen LogP contribution >= 0.6 is 0 Å². The van der Waals surface area contributed by atoms with Gasteiger partial charge in [0.2, 0.25) is 0 Å². The van der Waals surface area contributed by atoms with Crippen LogP contribution < -0.4 is 15.4 Å². The van der Waals surface area contributed by atoms with Crippen molar-refractivity contribution in [3.8, 4) is 17.6 Å². The summed E-state index contributed by atoms with van der Waals surface area (Å²) >= 11 is 0. The van der Waals surface area contributed by atoms with E-state index < -0.39 is 17.8 Å². The molecule has 25 heavy (non-hydrogen) atoms. The summed E-state index contributed by atoms with van der Waals surface area (Å²) in [5.74, 6) is 5.59. The second-order valence-corrected chi connectivity index (χ2v) is 4.88. The van der Waals surface area contributed by atoms with E-state index in [9.17, 15) is 18.0 Å². The summed E-state index contributed by atoms with van der Waals surface area (Å²) in [5.41, 5.74) is -0.383. The maximum absolute atomic E-state index is 12.8. The highest BCUT2D eigenvalue weighted by Crippen LogP contribution is 2.31. The Morgan fingerprint density at radius 1 is 1.12 bits per heavy atom. The van der Waals surface area contributed by atoms with Crippen molar-refractivity contribution in [2.45, 2.75) is 6.18 Å². The van der Waals surface area contributed by atoms with Crippen LogP contribution in [0.4, 0.5) is 23.7 Å². The smallest absolute Gasteiger partial charge is 0.417 e. The molecule has 0 spiro atoms. The van der Waals surface area contributed by atoms with Crippen LogP contribution in [0.25, 0.3) is 0 Å². The first-order chi connectivity index (χ1) is 11.9. The van der Waals surface area contributed by atoms with Gasteiger partial charge < -0.3 is 15.4 Å². The number of benzene rings is 2. The van der Waals surface area contributed by atoms with Gasteiger partial charge in [0.1, 0.15) is 5.75 Å². The van der Waals surface area contributed by atoms with E-state index in [1.165, 1.54) is 25.3 Å². The third kappa shape index (κ3) is 5.46. The molecule has 7 heteroatoms. The number of ether oxygens (including phenoxy) is 1. The molecular formula is C18H15F3N2O2. The highest BCUT2D eigenvalue weighted by Gasteiger charge is 2.32. The van der Waals surface area contributed by atoms with Crippen LogP contribution in [0.1, 0.15) is 11.1 Å². The summed E-state index contributed by atoms with van der Waals surface area (Å²) in [4.78, 5) is 11.7. The molecule has 0 heterocycles. The van der Waals surface area contributed by atoms with Crippen molar-refractivity contribution in [1.82, 2.24) is 5.32 Å². The zero-order valence-corrected chi connectivity index (χ0v) is 13.3. The molecule has 0 saturated carbocycles. The number of nitrogens with one attached hydrogen (secondary N) is 2. The molecule has 0 bridgehead atoms. The Labute approximate surface area is 143 Å². The minimum Gasteiger partial charge on any atom is -0.497 e. The molecule has 0 fully saturated rings. The molecule has 0 aromatic heterocycles. The predicted octanol–water partition coefficient (Wildman–Crippen LogP) is 3.89. The lowest BCUT2D eigenvalue weighted by atomic mass is 10.1. The number of methoxy groups -OCH3 is 1. The van der Waals surface area contributed by atoms with Gasteiger partial charge in [-0.2, -0.15) is 13.2 Å².